The molecule has 0 aliphatic heterocycles. The number of pyridine rings is 2. The molecule has 0 unspecified atom stereocenters. The van der Waals surface area contributed by atoms with Gasteiger partial charge in [-0.1, -0.05) is 13.8 Å². The van der Waals surface area contributed by atoms with E-state index in [0.29, 0.717) is 29.7 Å². The Morgan fingerprint density at radius 1 is 1.12 bits per heavy atom. The van der Waals surface area contributed by atoms with E-state index in [2.05, 4.69) is 47.9 Å². The first-order valence-electron chi connectivity index (χ1n) is 8.64. The number of rotatable bonds is 8. The second-order valence-electron chi connectivity index (χ2n) is 6.12. The highest BCUT2D eigenvalue weighted by atomic mass is 16.5. The molecule has 2 heterocycles. The number of carbonyl (C=O) groups is 1. The monoisotopic (exact) mass is 342 g/mol. The van der Waals surface area contributed by atoms with Crippen molar-refractivity contribution in [3.05, 3.63) is 42.2 Å². The molecule has 0 saturated carbocycles. The minimum atomic E-state index is -0.222. The molecular formula is C19H26N4O2. The summed E-state index contributed by atoms with van der Waals surface area (Å²) in [7, 11) is 0. The molecule has 0 aromatic carbocycles. The lowest BCUT2D eigenvalue weighted by molar-refractivity contribution is 0.102. The lowest BCUT2D eigenvalue weighted by Gasteiger charge is -2.19. The number of hydrogen-bond donors (Lipinski definition) is 1. The number of ether oxygens (including phenoxy) is 1. The van der Waals surface area contributed by atoms with Crippen LogP contribution in [0.25, 0.3) is 0 Å². The van der Waals surface area contributed by atoms with E-state index < -0.39 is 0 Å². The van der Waals surface area contributed by atoms with Gasteiger partial charge in [-0.05, 0) is 38.0 Å². The molecule has 0 aliphatic rings. The Morgan fingerprint density at radius 2 is 1.88 bits per heavy atom. The van der Waals surface area contributed by atoms with Crippen molar-refractivity contribution in [2.24, 2.45) is 5.92 Å². The fourth-order valence-corrected chi connectivity index (χ4v) is 2.25. The number of amides is 1. The Hall–Kier alpha value is -2.63. The highest BCUT2D eigenvalue weighted by Gasteiger charge is 2.09. The van der Waals surface area contributed by atoms with Crippen LogP contribution in [0.5, 0.6) is 5.88 Å². The van der Waals surface area contributed by atoms with Gasteiger partial charge in [0.05, 0.1) is 24.1 Å². The molecule has 6 nitrogen and oxygen atoms in total. The summed E-state index contributed by atoms with van der Waals surface area (Å²) < 4.78 is 5.52. The quantitative estimate of drug-likeness (QED) is 0.794. The van der Waals surface area contributed by atoms with Gasteiger partial charge < -0.3 is 15.0 Å². The summed E-state index contributed by atoms with van der Waals surface area (Å²) in [6.45, 7) is 10.7. The molecule has 0 saturated heterocycles. The van der Waals surface area contributed by atoms with Crippen LogP contribution >= 0.6 is 0 Å². The van der Waals surface area contributed by atoms with E-state index >= 15 is 0 Å². The third-order valence-electron chi connectivity index (χ3n) is 3.66. The highest BCUT2D eigenvalue weighted by molar-refractivity contribution is 6.04. The maximum Gasteiger partial charge on any atom is 0.257 e. The molecule has 6 heteroatoms. The van der Waals surface area contributed by atoms with Crippen molar-refractivity contribution in [3.63, 3.8) is 0 Å². The second kappa shape index (κ2) is 9.01. The number of aromatic nitrogens is 2. The third-order valence-corrected chi connectivity index (χ3v) is 3.66. The Balaban J connectivity index is 1.97. The summed E-state index contributed by atoms with van der Waals surface area (Å²) in [4.78, 5) is 23.0. The normalized spacial score (nSPS) is 10.6. The fraction of sp³-hybridized carbons (Fsp3) is 0.421. The summed E-state index contributed by atoms with van der Waals surface area (Å²) in [6, 6.07) is 7.17. The summed E-state index contributed by atoms with van der Waals surface area (Å²) >= 11 is 0. The van der Waals surface area contributed by atoms with Crippen LogP contribution in [-0.4, -0.2) is 35.6 Å². The standard InChI is InChI=1S/C19H26N4O2/c1-5-23(6-2)17-9-8-16(12-20-17)22-19(24)15-7-10-18(21-11-15)25-13-14(3)4/h7-12,14H,5-6,13H2,1-4H3,(H,22,24). The second-order valence-corrected chi connectivity index (χ2v) is 6.12. The fourth-order valence-electron chi connectivity index (χ4n) is 2.25. The molecule has 0 fully saturated rings. The van der Waals surface area contributed by atoms with Gasteiger partial charge in [0.25, 0.3) is 5.91 Å². The van der Waals surface area contributed by atoms with Crippen molar-refractivity contribution < 1.29 is 9.53 Å². The lowest BCUT2D eigenvalue weighted by Crippen LogP contribution is -2.22. The zero-order valence-electron chi connectivity index (χ0n) is 15.3. The van der Waals surface area contributed by atoms with E-state index in [1.54, 1.807) is 18.3 Å². The lowest BCUT2D eigenvalue weighted by atomic mass is 10.2. The van der Waals surface area contributed by atoms with Gasteiger partial charge in [0.2, 0.25) is 5.88 Å². The van der Waals surface area contributed by atoms with Gasteiger partial charge in [-0.3, -0.25) is 4.79 Å². The zero-order valence-corrected chi connectivity index (χ0v) is 15.3. The van der Waals surface area contributed by atoms with E-state index in [1.165, 1.54) is 6.20 Å². The molecular weight excluding hydrogens is 316 g/mol. The topological polar surface area (TPSA) is 67.4 Å². The summed E-state index contributed by atoms with van der Waals surface area (Å²) in [5, 5.41) is 2.83. The van der Waals surface area contributed by atoms with Crippen LogP contribution < -0.4 is 15.0 Å². The molecule has 2 rings (SSSR count). The van der Waals surface area contributed by atoms with Crippen molar-refractivity contribution in [3.8, 4) is 5.88 Å². The van der Waals surface area contributed by atoms with Gasteiger partial charge >= 0.3 is 0 Å². The number of nitrogens with zero attached hydrogens (tertiary/aromatic N) is 3. The smallest absolute Gasteiger partial charge is 0.257 e. The van der Waals surface area contributed by atoms with Gasteiger partial charge in [-0.25, -0.2) is 9.97 Å². The van der Waals surface area contributed by atoms with Crippen molar-refractivity contribution in [1.82, 2.24) is 9.97 Å². The Labute approximate surface area is 149 Å². The van der Waals surface area contributed by atoms with Gasteiger partial charge in [0.1, 0.15) is 5.82 Å². The minimum absolute atomic E-state index is 0.222. The van der Waals surface area contributed by atoms with E-state index in [1.807, 2.05) is 12.1 Å². The SMILES string of the molecule is CCN(CC)c1ccc(NC(=O)c2ccc(OCC(C)C)nc2)cn1. The Kier molecular flexibility index (Phi) is 6.74. The first-order chi connectivity index (χ1) is 12.0. The maximum absolute atomic E-state index is 12.3. The van der Waals surface area contributed by atoms with Crippen molar-refractivity contribution >= 4 is 17.4 Å². The summed E-state index contributed by atoms with van der Waals surface area (Å²) in [5.41, 5.74) is 1.13. The number of carbonyl (C=O) groups excluding carboxylic acids is 1. The van der Waals surface area contributed by atoms with Gasteiger partial charge in [-0.15, -0.1) is 0 Å². The minimum Gasteiger partial charge on any atom is -0.477 e. The largest absolute Gasteiger partial charge is 0.477 e. The molecule has 1 amide bonds. The first-order valence-corrected chi connectivity index (χ1v) is 8.64. The van der Waals surface area contributed by atoms with Crippen LogP contribution in [0.3, 0.4) is 0 Å². The molecule has 0 atom stereocenters. The molecule has 0 aliphatic carbocycles. The predicted molar refractivity (Wildman–Crippen MR) is 100 cm³/mol. The molecule has 0 radical (unpaired) electrons. The number of anilines is 2. The van der Waals surface area contributed by atoms with Crippen LogP contribution in [0.2, 0.25) is 0 Å². The average Bonchev–Trinajstić information content (AvgIpc) is 2.62. The summed E-state index contributed by atoms with van der Waals surface area (Å²) in [5.74, 6) is 1.63. The van der Waals surface area contributed by atoms with E-state index in [9.17, 15) is 4.79 Å². The Morgan fingerprint density at radius 3 is 2.40 bits per heavy atom. The van der Waals surface area contributed by atoms with Crippen molar-refractivity contribution in [2.75, 3.05) is 29.9 Å². The van der Waals surface area contributed by atoms with Crippen molar-refractivity contribution in [2.45, 2.75) is 27.7 Å². The molecule has 2 aromatic rings. The van der Waals surface area contributed by atoms with Crippen LogP contribution in [-0.2, 0) is 0 Å². The molecule has 0 bridgehead atoms. The Bertz CT molecular complexity index is 665. The maximum atomic E-state index is 12.3. The summed E-state index contributed by atoms with van der Waals surface area (Å²) in [6.07, 6.45) is 3.18. The average molecular weight is 342 g/mol. The number of hydrogen-bond acceptors (Lipinski definition) is 5. The molecule has 134 valence electrons. The molecule has 1 N–H and O–H groups in total. The van der Waals surface area contributed by atoms with Crippen LogP contribution in [0.15, 0.2) is 36.7 Å². The molecule has 2 aromatic heterocycles. The van der Waals surface area contributed by atoms with Crippen LogP contribution in [0.1, 0.15) is 38.1 Å². The van der Waals surface area contributed by atoms with Crippen molar-refractivity contribution in [1.29, 1.82) is 0 Å². The van der Waals surface area contributed by atoms with Crippen LogP contribution in [0.4, 0.5) is 11.5 Å². The highest BCUT2D eigenvalue weighted by Crippen LogP contribution is 2.15. The zero-order chi connectivity index (χ0) is 18.2. The van der Waals surface area contributed by atoms with E-state index in [0.717, 1.165) is 18.9 Å². The molecule has 0 spiro atoms. The predicted octanol–water partition coefficient (Wildman–Crippen LogP) is 3.61. The van der Waals surface area contributed by atoms with Gasteiger partial charge in [0.15, 0.2) is 0 Å². The number of nitrogens with one attached hydrogen (secondary N) is 1. The third kappa shape index (κ3) is 5.45. The van der Waals surface area contributed by atoms with E-state index in [4.69, 9.17) is 4.74 Å². The van der Waals surface area contributed by atoms with E-state index in [-0.39, 0.29) is 5.91 Å². The molecule has 25 heavy (non-hydrogen) atoms. The van der Waals surface area contributed by atoms with Gasteiger partial charge in [0, 0.05) is 25.4 Å². The first kappa shape index (κ1) is 18.7. The van der Waals surface area contributed by atoms with Crippen LogP contribution in [0, 0.1) is 5.92 Å². The van der Waals surface area contributed by atoms with Gasteiger partial charge in [-0.2, -0.15) is 0 Å².